The van der Waals surface area contributed by atoms with Gasteiger partial charge in [-0.25, -0.2) is 0 Å². The molecule has 0 fully saturated rings. The fourth-order valence-corrected chi connectivity index (χ4v) is 10.6. The molecule has 3 aromatic rings. The van der Waals surface area contributed by atoms with E-state index in [0.717, 1.165) is 8.95 Å². The average molecular weight is 950 g/mol. The number of thioether (sulfide) groups is 2. The lowest BCUT2D eigenvalue weighted by atomic mass is 10.3. The summed E-state index contributed by atoms with van der Waals surface area (Å²) in [4.78, 5) is 25.1. The largest absolute Gasteiger partial charge is 0.494 e. The number of nitrogens with zero attached hydrogens (tertiary/aromatic N) is 2. The van der Waals surface area contributed by atoms with Gasteiger partial charge in [0, 0.05) is 8.95 Å². The van der Waals surface area contributed by atoms with Gasteiger partial charge < -0.3 is 20.1 Å². The van der Waals surface area contributed by atoms with Crippen LogP contribution in [0.4, 0.5) is 11.4 Å². The number of anilines is 2. The van der Waals surface area contributed by atoms with Gasteiger partial charge in [0.25, 0.3) is 0 Å². The second kappa shape index (κ2) is 14.7. The number of methoxy groups -OCH3 is 2. The van der Waals surface area contributed by atoms with Crippen LogP contribution in [0.3, 0.4) is 0 Å². The highest BCUT2D eigenvalue weighted by Gasteiger charge is 2.19. The van der Waals surface area contributed by atoms with Crippen LogP contribution in [0, 0.1) is 0 Å². The molecule has 1 aromatic heterocycles. The van der Waals surface area contributed by atoms with E-state index in [-0.39, 0.29) is 23.3 Å². The van der Waals surface area contributed by atoms with Gasteiger partial charge in [-0.1, -0.05) is 34.9 Å². The van der Waals surface area contributed by atoms with Crippen LogP contribution in [-0.4, -0.2) is 47.7 Å². The second-order valence-electron chi connectivity index (χ2n) is 6.63. The van der Waals surface area contributed by atoms with E-state index in [9.17, 15) is 9.59 Å². The monoisotopic (exact) mass is 944 g/mol. The van der Waals surface area contributed by atoms with Gasteiger partial charge >= 0.3 is 0 Å². The first-order valence-electron chi connectivity index (χ1n) is 9.67. The molecule has 0 bridgehead atoms. The Balaban J connectivity index is 1.53. The highest BCUT2D eigenvalue weighted by molar-refractivity contribution is 9.12. The van der Waals surface area contributed by atoms with Crippen molar-refractivity contribution < 1.29 is 19.1 Å². The van der Waals surface area contributed by atoms with Gasteiger partial charge in [-0.3, -0.25) is 9.59 Å². The number of ether oxygens (including phenoxy) is 2. The van der Waals surface area contributed by atoms with Gasteiger partial charge in [0.05, 0.1) is 55.0 Å². The Hall–Kier alpha value is 0.120. The first-order chi connectivity index (χ1) is 17.5. The molecule has 8 nitrogen and oxygen atoms in total. The highest BCUT2D eigenvalue weighted by Crippen LogP contribution is 2.44. The maximum absolute atomic E-state index is 12.5. The molecule has 0 spiro atoms. The number of nitrogens with one attached hydrogen (secondary N) is 2. The molecule has 17 heteroatoms. The number of carbonyl (C=O) groups excluding carboxylic acids is 2. The van der Waals surface area contributed by atoms with E-state index in [2.05, 4.69) is 116 Å². The molecular weight excluding hydrogens is 936 g/mol. The molecule has 0 aliphatic carbocycles. The number of benzene rings is 2. The van der Waals surface area contributed by atoms with Crippen LogP contribution in [0.2, 0.25) is 0 Å². The third-order valence-electron chi connectivity index (χ3n) is 4.23. The molecule has 2 aromatic carbocycles. The van der Waals surface area contributed by atoms with E-state index in [1.54, 1.807) is 26.4 Å². The Labute approximate surface area is 275 Å². The van der Waals surface area contributed by atoms with Gasteiger partial charge in [0.1, 0.15) is 11.5 Å². The van der Waals surface area contributed by atoms with Crippen LogP contribution in [-0.2, 0) is 9.59 Å². The van der Waals surface area contributed by atoms with Gasteiger partial charge in [0.2, 0.25) is 11.8 Å². The minimum absolute atomic E-state index is 0.129. The SMILES string of the molecule is COc1c(Br)cc(Br)c(NC(=O)CSc2nnc(SCC(=O)Nc3c(Br)cc(Br)c(OC)c3Br)s2)c1Br. The molecule has 198 valence electrons. The lowest BCUT2D eigenvalue weighted by Crippen LogP contribution is -2.15. The summed E-state index contributed by atoms with van der Waals surface area (Å²) in [5, 5.41) is 14.0. The number of carbonyl (C=O) groups is 2. The van der Waals surface area contributed by atoms with E-state index in [4.69, 9.17) is 9.47 Å². The first-order valence-corrected chi connectivity index (χ1v) is 17.2. The van der Waals surface area contributed by atoms with Crippen LogP contribution in [0.1, 0.15) is 0 Å². The maximum Gasteiger partial charge on any atom is 0.234 e. The van der Waals surface area contributed by atoms with E-state index >= 15 is 0 Å². The van der Waals surface area contributed by atoms with Gasteiger partial charge in [-0.2, -0.15) is 0 Å². The molecule has 0 radical (unpaired) electrons. The highest BCUT2D eigenvalue weighted by atomic mass is 79.9. The van der Waals surface area contributed by atoms with Crippen LogP contribution < -0.4 is 20.1 Å². The molecule has 0 saturated heterocycles. The number of rotatable bonds is 10. The maximum atomic E-state index is 12.5. The molecule has 0 unspecified atom stereocenters. The van der Waals surface area contributed by atoms with Crippen molar-refractivity contribution in [1.82, 2.24) is 10.2 Å². The smallest absolute Gasteiger partial charge is 0.234 e. The van der Waals surface area contributed by atoms with Crippen molar-refractivity contribution >= 4 is 154 Å². The zero-order valence-corrected chi connectivity index (χ0v) is 30.6. The zero-order chi connectivity index (χ0) is 27.3. The Morgan fingerprint density at radius 3 is 1.49 bits per heavy atom. The molecule has 2 N–H and O–H groups in total. The quantitative estimate of drug-likeness (QED) is 0.195. The predicted octanol–water partition coefficient (Wildman–Crippen LogP) is 8.59. The van der Waals surface area contributed by atoms with E-state index in [1.165, 1.54) is 34.9 Å². The second-order valence-corrected chi connectivity index (χ2v) is 15.1. The van der Waals surface area contributed by atoms with Gasteiger partial charge in [-0.05, 0) is 108 Å². The number of amides is 2. The number of hydrogen-bond acceptors (Lipinski definition) is 9. The summed E-state index contributed by atoms with van der Waals surface area (Å²) in [5.74, 6) is 0.954. The molecule has 0 aliphatic heterocycles. The van der Waals surface area contributed by atoms with Crippen LogP contribution >= 0.6 is 130 Å². The Morgan fingerprint density at radius 1 is 0.757 bits per heavy atom. The Bertz CT molecular complexity index is 1250. The van der Waals surface area contributed by atoms with Crippen LogP contribution in [0.15, 0.2) is 47.6 Å². The first kappa shape index (κ1) is 31.6. The summed E-state index contributed by atoms with van der Waals surface area (Å²) in [5.41, 5.74) is 1.12. The molecule has 0 aliphatic rings. The number of aromatic nitrogens is 2. The van der Waals surface area contributed by atoms with Crippen molar-refractivity contribution in [3.8, 4) is 11.5 Å². The van der Waals surface area contributed by atoms with Crippen LogP contribution in [0.5, 0.6) is 11.5 Å². The molecule has 3 rings (SSSR count). The average Bonchev–Trinajstić information content (AvgIpc) is 3.30. The molecule has 0 atom stereocenters. The lowest BCUT2D eigenvalue weighted by Gasteiger charge is -2.14. The van der Waals surface area contributed by atoms with Crippen molar-refractivity contribution in [3.05, 3.63) is 39.0 Å². The van der Waals surface area contributed by atoms with Crippen molar-refractivity contribution in [2.75, 3.05) is 36.4 Å². The number of hydrogen-bond donors (Lipinski definition) is 2. The lowest BCUT2D eigenvalue weighted by molar-refractivity contribution is -0.114. The zero-order valence-electron chi connectivity index (χ0n) is 18.6. The van der Waals surface area contributed by atoms with Crippen molar-refractivity contribution in [2.45, 2.75) is 8.68 Å². The van der Waals surface area contributed by atoms with Gasteiger partial charge in [0.15, 0.2) is 8.68 Å². The molecule has 37 heavy (non-hydrogen) atoms. The minimum atomic E-state index is -0.222. The Morgan fingerprint density at radius 2 is 1.14 bits per heavy atom. The summed E-state index contributed by atoms with van der Waals surface area (Å²) in [6, 6.07) is 3.59. The summed E-state index contributed by atoms with van der Waals surface area (Å²) < 4.78 is 16.0. The standard InChI is InChI=1S/C20H14Br6N4O4S3/c1-33-17-9(23)3-7(21)15(13(17)25)27-11(31)5-35-19-29-30-20(37-19)36-6-12(32)28-16-8(22)4-10(24)18(34-2)14(16)26/h3-4H,5-6H2,1-2H3,(H,27,31)(H,28,32). The minimum Gasteiger partial charge on any atom is -0.494 e. The van der Waals surface area contributed by atoms with E-state index < -0.39 is 0 Å². The summed E-state index contributed by atoms with van der Waals surface area (Å²) in [6.07, 6.45) is 0. The van der Waals surface area contributed by atoms with Gasteiger partial charge in [-0.15, -0.1) is 10.2 Å². The molecule has 2 amide bonds. The molecule has 0 saturated carbocycles. The molecular formula is C20H14Br6N4O4S3. The van der Waals surface area contributed by atoms with Crippen LogP contribution in [0.25, 0.3) is 0 Å². The summed E-state index contributed by atoms with van der Waals surface area (Å²) in [7, 11) is 3.09. The van der Waals surface area contributed by atoms with Crippen molar-refractivity contribution in [2.24, 2.45) is 0 Å². The normalized spacial score (nSPS) is 10.8. The third-order valence-corrected chi connectivity index (χ3v) is 11.4. The predicted molar refractivity (Wildman–Crippen MR) is 171 cm³/mol. The topological polar surface area (TPSA) is 102 Å². The third kappa shape index (κ3) is 8.31. The fourth-order valence-electron chi connectivity index (χ4n) is 2.67. The van der Waals surface area contributed by atoms with E-state index in [1.807, 2.05) is 0 Å². The number of halogens is 6. The fraction of sp³-hybridized carbons (Fsp3) is 0.200. The van der Waals surface area contributed by atoms with E-state index in [0.29, 0.717) is 49.4 Å². The summed E-state index contributed by atoms with van der Waals surface area (Å²) in [6.45, 7) is 0. The summed E-state index contributed by atoms with van der Waals surface area (Å²) >= 11 is 24.5. The molecule has 1 heterocycles. The van der Waals surface area contributed by atoms with Crippen molar-refractivity contribution in [1.29, 1.82) is 0 Å². The Kier molecular flexibility index (Phi) is 12.5. The van der Waals surface area contributed by atoms with Crippen molar-refractivity contribution in [3.63, 3.8) is 0 Å².